The highest BCUT2D eigenvalue weighted by molar-refractivity contribution is 6.24. The minimum atomic E-state index is 0.937. The van der Waals surface area contributed by atoms with Gasteiger partial charge in [0.15, 0.2) is 0 Å². The molecule has 1 aliphatic rings. The third kappa shape index (κ3) is 2.85. The van der Waals surface area contributed by atoms with Crippen molar-refractivity contribution in [2.24, 2.45) is 10.2 Å². The maximum Gasteiger partial charge on any atom is 0.101 e. The molecule has 0 aliphatic heterocycles. The minimum absolute atomic E-state index is 0.937. The van der Waals surface area contributed by atoms with Crippen molar-refractivity contribution >= 4 is 17.6 Å². The van der Waals surface area contributed by atoms with Crippen molar-refractivity contribution in [1.29, 1.82) is 0 Å². The average Bonchev–Trinajstić information content (AvgIpc) is 2.97. The van der Waals surface area contributed by atoms with E-state index in [0.29, 0.717) is 0 Å². The topological polar surface area (TPSA) is 28.0 Å². The van der Waals surface area contributed by atoms with Gasteiger partial charge < -0.3 is 4.90 Å². The first-order valence-corrected chi connectivity index (χ1v) is 8.31. The van der Waals surface area contributed by atoms with Crippen LogP contribution in [0.15, 0.2) is 83.0 Å². The Labute approximate surface area is 148 Å². The van der Waals surface area contributed by atoms with Crippen molar-refractivity contribution in [3.63, 3.8) is 0 Å². The SMILES string of the molecule is CN(C)c1ccc(/C=N/N=C2c3ccccc3-c3ccccc32)cc1. The van der Waals surface area contributed by atoms with Crippen molar-refractivity contribution in [3.05, 3.63) is 89.5 Å². The van der Waals surface area contributed by atoms with Gasteiger partial charge in [-0.1, -0.05) is 60.7 Å². The second-order valence-electron chi connectivity index (χ2n) is 6.27. The predicted molar refractivity (Wildman–Crippen MR) is 106 cm³/mol. The summed E-state index contributed by atoms with van der Waals surface area (Å²) in [6, 6.07) is 25.0. The fourth-order valence-corrected chi connectivity index (χ4v) is 3.11. The summed E-state index contributed by atoms with van der Waals surface area (Å²) in [5.41, 5.74) is 7.88. The summed E-state index contributed by atoms with van der Waals surface area (Å²) in [5, 5.41) is 8.88. The lowest BCUT2D eigenvalue weighted by atomic mass is 10.1. The van der Waals surface area contributed by atoms with E-state index in [-0.39, 0.29) is 0 Å². The highest BCUT2D eigenvalue weighted by Gasteiger charge is 2.23. The van der Waals surface area contributed by atoms with Crippen molar-refractivity contribution in [1.82, 2.24) is 0 Å². The van der Waals surface area contributed by atoms with Crippen LogP contribution in [0, 0.1) is 0 Å². The van der Waals surface area contributed by atoms with E-state index in [9.17, 15) is 0 Å². The van der Waals surface area contributed by atoms with Crippen LogP contribution in [0.3, 0.4) is 0 Å². The Morgan fingerprint density at radius 3 is 1.72 bits per heavy atom. The van der Waals surface area contributed by atoms with Gasteiger partial charge in [0.25, 0.3) is 0 Å². The van der Waals surface area contributed by atoms with Crippen LogP contribution in [0.2, 0.25) is 0 Å². The quantitative estimate of drug-likeness (QED) is 0.399. The van der Waals surface area contributed by atoms with Gasteiger partial charge in [-0.25, -0.2) is 0 Å². The zero-order chi connectivity index (χ0) is 17.2. The number of hydrogen-bond acceptors (Lipinski definition) is 3. The molecule has 3 nitrogen and oxygen atoms in total. The van der Waals surface area contributed by atoms with E-state index < -0.39 is 0 Å². The molecule has 25 heavy (non-hydrogen) atoms. The Hall–Kier alpha value is -3.20. The number of hydrogen-bond donors (Lipinski definition) is 0. The molecule has 3 aromatic carbocycles. The fraction of sp³-hybridized carbons (Fsp3) is 0.0909. The molecular formula is C22H19N3. The standard InChI is InChI=1S/C22H19N3/c1-25(2)17-13-11-16(12-14-17)15-23-24-22-20-9-5-3-7-18(20)19-8-4-6-10-21(19)22/h3-15H,1-2H3/b23-15+. The molecule has 0 amide bonds. The Kier molecular flexibility index (Phi) is 3.90. The van der Waals surface area contributed by atoms with Gasteiger partial charge in [-0.05, 0) is 28.8 Å². The summed E-state index contributed by atoms with van der Waals surface area (Å²) in [7, 11) is 4.06. The summed E-state index contributed by atoms with van der Waals surface area (Å²) in [6.07, 6.45) is 1.80. The first-order valence-electron chi connectivity index (χ1n) is 8.31. The highest BCUT2D eigenvalue weighted by atomic mass is 15.2. The van der Waals surface area contributed by atoms with Crippen LogP contribution in [-0.4, -0.2) is 26.0 Å². The van der Waals surface area contributed by atoms with E-state index in [1.807, 2.05) is 26.2 Å². The second kappa shape index (κ2) is 6.36. The molecule has 122 valence electrons. The van der Waals surface area contributed by atoms with Crippen molar-refractivity contribution in [2.75, 3.05) is 19.0 Å². The number of fused-ring (bicyclic) bond motifs is 3. The molecule has 0 unspecified atom stereocenters. The number of nitrogens with zero attached hydrogens (tertiary/aromatic N) is 3. The van der Waals surface area contributed by atoms with E-state index in [2.05, 4.69) is 75.8 Å². The van der Waals surface area contributed by atoms with Crippen molar-refractivity contribution in [2.45, 2.75) is 0 Å². The van der Waals surface area contributed by atoms with Gasteiger partial charge in [0.1, 0.15) is 5.71 Å². The first-order chi connectivity index (χ1) is 12.2. The lowest BCUT2D eigenvalue weighted by Gasteiger charge is -2.11. The average molecular weight is 325 g/mol. The molecule has 0 saturated carbocycles. The van der Waals surface area contributed by atoms with Crippen molar-refractivity contribution < 1.29 is 0 Å². The monoisotopic (exact) mass is 325 g/mol. The highest BCUT2D eigenvalue weighted by Crippen LogP contribution is 2.36. The second-order valence-corrected chi connectivity index (χ2v) is 6.27. The number of rotatable bonds is 3. The van der Waals surface area contributed by atoms with E-state index in [4.69, 9.17) is 0 Å². The van der Waals surface area contributed by atoms with Gasteiger partial charge in [0.2, 0.25) is 0 Å². The van der Waals surface area contributed by atoms with Crippen molar-refractivity contribution in [3.8, 4) is 11.1 Å². The smallest absolute Gasteiger partial charge is 0.101 e. The maximum atomic E-state index is 4.53. The van der Waals surface area contributed by atoms with Gasteiger partial charge >= 0.3 is 0 Å². The van der Waals surface area contributed by atoms with Crippen LogP contribution in [0.1, 0.15) is 16.7 Å². The molecule has 0 atom stereocenters. The molecule has 0 N–H and O–H groups in total. The third-order valence-corrected chi connectivity index (χ3v) is 4.43. The molecule has 3 heteroatoms. The molecule has 0 aromatic heterocycles. The van der Waals surface area contributed by atoms with E-state index in [1.165, 1.54) is 16.8 Å². The number of anilines is 1. The normalized spacial score (nSPS) is 12.2. The van der Waals surface area contributed by atoms with Crippen LogP contribution < -0.4 is 4.90 Å². The minimum Gasteiger partial charge on any atom is -0.378 e. The van der Waals surface area contributed by atoms with Crippen LogP contribution >= 0.6 is 0 Å². The van der Waals surface area contributed by atoms with Crippen LogP contribution in [0.5, 0.6) is 0 Å². The summed E-state index contributed by atoms with van der Waals surface area (Å²) >= 11 is 0. The van der Waals surface area contributed by atoms with Gasteiger partial charge in [-0.15, -0.1) is 5.10 Å². The summed E-state index contributed by atoms with van der Waals surface area (Å²) in [4.78, 5) is 2.08. The van der Waals surface area contributed by atoms with Gasteiger partial charge in [-0.3, -0.25) is 0 Å². The molecule has 0 bridgehead atoms. The van der Waals surface area contributed by atoms with E-state index in [1.54, 1.807) is 6.21 Å². The summed E-state index contributed by atoms with van der Waals surface area (Å²) in [5.74, 6) is 0. The predicted octanol–water partition coefficient (Wildman–Crippen LogP) is 4.60. The van der Waals surface area contributed by atoms with Gasteiger partial charge in [0, 0.05) is 30.9 Å². The van der Waals surface area contributed by atoms with Crippen LogP contribution in [0.4, 0.5) is 5.69 Å². The molecular weight excluding hydrogens is 306 g/mol. The first kappa shape index (κ1) is 15.3. The van der Waals surface area contributed by atoms with E-state index in [0.717, 1.165) is 22.4 Å². The Bertz CT molecular complexity index is 919. The van der Waals surface area contributed by atoms with Crippen LogP contribution in [0.25, 0.3) is 11.1 Å². The van der Waals surface area contributed by atoms with Crippen LogP contribution in [-0.2, 0) is 0 Å². The molecule has 0 heterocycles. The molecule has 0 saturated heterocycles. The molecule has 3 aromatic rings. The molecule has 1 aliphatic carbocycles. The lowest BCUT2D eigenvalue weighted by Crippen LogP contribution is -2.08. The zero-order valence-electron chi connectivity index (χ0n) is 14.3. The Morgan fingerprint density at radius 1 is 0.680 bits per heavy atom. The summed E-state index contributed by atoms with van der Waals surface area (Å²) < 4.78 is 0. The number of benzene rings is 3. The van der Waals surface area contributed by atoms with Gasteiger partial charge in [0.05, 0.1) is 6.21 Å². The van der Waals surface area contributed by atoms with Gasteiger partial charge in [-0.2, -0.15) is 5.10 Å². The molecule has 0 fully saturated rings. The molecule has 4 rings (SSSR count). The largest absolute Gasteiger partial charge is 0.378 e. The fourth-order valence-electron chi connectivity index (χ4n) is 3.11. The lowest BCUT2D eigenvalue weighted by molar-refractivity contribution is 1.13. The third-order valence-electron chi connectivity index (χ3n) is 4.43. The summed E-state index contributed by atoms with van der Waals surface area (Å²) in [6.45, 7) is 0. The van der Waals surface area contributed by atoms with E-state index >= 15 is 0 Å². The Balaban J connectivity index is 1.67. The molecule has 0 radical (unpaired) electrons. The Morgan fingerprint density at radius 2 is 1.20 bits per heavy atom. The maximum absolute atomic E-state index is 4.53. The molecule has 0 spiro atoms. The zero-order valence-corrected chi connectivity index (χ0v) is 14.3.